The van der Waals surface area contributed by atoms with Crippen LogP contribution in [0.25, 0.3) is 0 Å². The van der Waals surface area contributed by atoms with Crippen molar-refractivity contribution in [1.82, 2.24) is 0 Å². The van der Waals surface area contributed by atoms with Gasteiger partial charge in [0.1, 0.15) is 5.75 Å². The highest BCUT2D eigenvalue weighted by molar-refractivity contribution is 6.17. The first-order chi connectivity index (χ1) is 5.74. The van der Waals surface area contributed by atoms with Gasteiger partial charge in [-0.3, -0.25) is 4.79 Å². The second-order valence-corrected chi connectivity index (χ2v) is 2.16. The van der Waals surface area contributed by atoms with Crippen molar-refractivity contribution in [1.29, 1.82) is 0 Å². The third-order valence-electron chi connectivity index (χ3n) is 1.37. The highest BCUT2D eigenvalue weighted by Crippen LogP contribution is 2.10. The van der Waals surface area contributed by atoms with Crippen molar-refractivity contribution in [3.8, 4) is 5.75 Å². The van der Waals surface area contributed by atoms with Crippen LogP contribution in [0.3, 0.4) is 0 Å². The summed E-state index contributed by atoms with van der Waals surface area (Å²) in [6, 6.07) is 6.20. The van der Waals surface area contributed by atoms with Crippen LogP contribution in [-0.2, 0) is 0 Å². The summed E-state index contributed by atoms with van der Waals surface area (Å²) in [5, 5.41) is 8.38. The molecule has 0 spiro atoms. The van der Waals surface area contributed by atoms with Gasteiger partial charge in [-0.15, -0.1) is 0 Å². The van der Waals surface area contributed by atoms with Gasteiger partial charge in [0.2, 0.25) is 5.91 Å². The molecule has 0 unspecified atom stereocenters. The quantitative estimate of drug-likeness (QED) is 0.588. The normalized spacial score (nSPS) is 9.08. The standard InChI is InChI=1S/C7H8BNO3/c9-7(10)5-1-3-6(4-2-5)12-8-11/h1-4,8,11H,(H2,9,10). The second-order valence-electron chi connectivity index (χ2n) is 2.16. The van der Waals surface area contributed by atoms with Crippen molar-refractivity contribution in [3.63, 3.8) is 0 Å². The molecule has 0 aromatic heterocycles. The van der Waals surface area contributed by atoms with E-state index in [9.17, 15) is 4.79 Å². The van der Waals surface area contributed by atoms with E-state index in [0.29, 0.717) is 11.3 Å². The molecule has 0 radical (unpaired) electrons. The molecule has 0 aliphatic carbocycles. The minimum atomic E-state index is -0.481. The van der Waals surface area contributed by atoms with E-state index in [1.165, 1.54) is 12.1 Å². The zero-order valence-electron chi connectivity index (χ0n) is 6.36. The molecule has 3 N–H and O–H groups in total. The third kappa shape index (κ3) is 2.00. The van der Waals surface area contributed by atoms with Crippen LogP contribution in [0.5, 0.6) is 5.75 Å². The van der Waals surface area contributed by atoms with Gasteiger partial charge < -0.3 is 15.4 Å². The van der Waals surface area contributed by atoms with Gasteiger partial charge in [-0.1, -0.05) is 0 Å². The zero-order chi connectivity index (χ0) is 8.97. The molecule has 5 heteroatoms. The van der Waals surface area contributed by atoms with Gasteiger partial charge in [-0.05, 0) is 24.3 Å². The van der Waals surface area contributed by atoms with Crippen molar-refractivity contribution < 1.29 is 14.5 Å². The van der Waals surface area contributed by atoms with E-state index in [2.05, 4.69) is 0 Å². The molecule has 0 fully saturated rings. The van der Waals surface area contributed by atoms with Crippen molar-refractivity contribution in [2.45, 2.75) is 0 Å². The van der Waals surface area contributed by atoms with Crippen molar-refractivity contribution >= 4 is 13.6 Å². The fourth-order valence-corrected chi connectivity index (χ4v) is 0.790. The predicted molar refractivity (Wildman–Crippen MR) is 45.0 cm³/mol. The average Bonchev–Trinajstić information content (AvgIpc) is 2.06. The van der Waals surface area contributed by atoms with Crippen molar-refractivity contribution in [3.05, 3.63) is 29.8 Å². The summed E-state index contributed by atoms with van der Waals surface area (Å²) in [4.78, 5) is 10.6. The summed E-state index contributed by atoms with van der Waals surface area (Å²) in [6.07, 6.45) is 0. The first-order valence-corrected chi connectivity index (χ1v) is 3.37. The van der Waals surface area contributed by atoms with E-state index in [0.717, 1.165) is 0 Å². The molecule has 4 nitrogen and oxygen atoms in total. The van der Waals surface area contributed by atoms with E-state index in [-0.39, 0.29) is 7.69 Å². The molecule has 0 atom stereocenters. The number of carbonyl (C=O) groups excluding carboxylic acids is 1. The summed E-state index contributed by atoms with van der Waals surface area (Å²) in [5.74, 6) is 0.0213. The Hall–Kier alpha value is -1.49. The molecular formula is C7H8BNO3. The minimum absolute atomic E-state index is 0.379. The van der Waals surface area contributed by atoms with E-state index in [1.807, 2.05) is 0 Å². The Morgan fingerprint density at radius 3 is 2.42 bits per heavy atom. The largest absolute Gasteiger partial charge is 0.539 e. The predicted octanol–water partition coefficient (Wildman–Crippen LogP) is -0.577. The lowest BCUT2D eigenvalue weighted by Gasteiger charge is -2.01. The van der Waals surface area contributed by atoms with Gasteiger partial charge in [0.15, 0.2) is 0 Å². The number of amides is 1. The van der Waals surface area contributed by atoms with Crippen LogP contribution in [0.2, 0.25) is 0 Å². The lowest BCUT2D eigenvalue weighted by atomic mass is 10.2. The molecule has 1 rings (SSSR count). The fourth-order valence-electron chi connectivity index (χ4n) is 0.790. The minimum Gasteiger partial charge on any atom is -0.539 e. The van der Waals surface area contributed by atoms with Gasteiger partial charge in [-0.25, -0.2) is 0 Å². The Morgan fingerprint density at radius 2 is 2.00 bits per heavy atom. The maximum absolute atomic E-state index is 10.6. The van der Waals surface area contributed by atoms with Crippen LogP contribution in [-0.4, -0.2) is 18.6 Å². The van der Waals surface area contributed by atoms with Crippen molar-refractivity contribution in [2.24, 2.45) is 5.73 Å². The van der Waals surface area contributed by atoms with E-state index < -0.39 is 5.91 Å². The van der Waals surface area contributed by atoms with Crippen LogP contribution < -0.4 is 10.4 Å². The highest BCUT2D eigenvalue weighted by atomic mass is 16.5. The molecule has 12 heavy (non-hydrogen) atoms. The van der Waals surface area contributed by atoms with Crippen LogP contribution in [0.1, 0.15) is 10.4 Å². The number of benzene rings is 1. The first kappa shape index (κ1) is 8.61. The number of nitrogens with two attached hydrogens (primary N) is 1. The Balaban J connectivity index is 2.78. The summed E-state index contributed by atoms with van der Waals surface area (Å²) in [6.45, 7) is 0. The van der Waals surface area contributed by atoms with Gasteiger partial charge in [0.05, 0.1) is 0 Å². The average molecular weight is 165 g/mol. The summed E-state index contributed by atoms with van der Waals surface area (Å²) < 4.78 is 4.74. The monoisotopic (exact) mass is 165 g/mol. The summed E-state index contributed by atoms with van der Waals surface area (Å²) >= 11 is 0. The SMILES string of the molecule is NC(=O)c1ccc(OBO)cc1. The fraction of sp³-hybridized carbons (Fsp3) is 0. The van der Waals surface area contributed by atoms with E-state index in [1.54, 1.807) is 12.1 Å². The van der Waals surface area contributed by atoms with Crippen LogP contribution in [0, 0.1) is 0 Å². The molecule has 62 valence electrons. The first-order valence-electron chi connectivity index (χ1n) is 3.37. The lowest BCUT2D eigenvalue weighted by molar-refractivity contribution is 0.100. The van der Waals surface area contributed by atoms with Gasteiger partial charge in [0, 0.05) is 5.56 Å². The lowest BCUT2D eigenvalue weighted by Crippen LogP contribution is -2.10. The number of carbonyl (C=O) groups is 1. The molecule has 1 aromatic carbocycles. The van der Waals surface area contributed by atoms with Crippen molar-refractivity contribution in [2.75, 3.05) is 0 Å². The molecule has 1 amide bonds. The van der Waals surface area contributed by atoms with Crippen LogP contribution >= 0.6 is 0 Å². The number of rotatable bonds is 3. The maximum Gasteiger partial charge on any atom is 0.504 e. The zero-order valence-corrected chi connectivity index (χ0v) is 6.36. The molecule has 0 saturated heterocycles. The second kappa shape index (κ2) is 3.78. The number of primary amides is 1. The van der Waals surface area contributed by atoms with E-state index >= 15 is 0 Å². The van der Waals surface area contributed by atoms with Gasteiger partial charge in [-0.2, -0.15) is 0 Å². The molecule has 0 aliphatic rings. The Morgan fingerprint density at radius 1 is 1.42 bits per heavy atom. The van der Waals surface area contributed by atoms with Gasteiger partial charge >= 0.3 is 7.69 Å². The van der Waals surface area contributed by atoms with E-state index in [4.69, 9.17) is 15.4 Å². The Labute approximate surface area is 70.3 Å². The Kier molecular flexibility index (Phi) is 2.71. The van der Waals surface area contributed by atoms with Crippen LogP contribution in [0.15, 0.2) is 24.3 Å². The topological polar surface area (TPSA) is 72.6 Å². The third-order valence-corrected chi connectivity index (χ3v) is 1.37. The van der Waals surface area contributed by atoms with Crippen LogP contribution in [0.4, 0.5) is 0 Å². The molecule has 0 bridgehead atoms. The Bertz CT molecular complexity index is 272. The highest BCUT2D eigenvalue weighted by Gasteiger charge is 1.99. The summed E-state index contributed by atoms with van der Waals surface area (Å²) in [7, 11) is -0.379. The smallest absolute Gasteiger partial charge is 0.504 e. The molecule has 0 heterocycles. The van der Waals surface area contributed by atoms with Gasteiger partial charge in [0.25, 0.3) is 0 Å². The number of hydrogen-bond acceptors (Lipinski definition) is 3. The molecule has 0 saturated carbocycles. The molecule has 0 aliphatic heterocycles. The summed E-state index contributed by atoms with van der Waals surface area (Å²) in [5.41, 5.74) is 5.43. The molecule has 1 aromatic rings. The molecular weight excluding hydrogens is 157 g/mol. The maximum atomic E-state index is 10.6. The number of hydrogen-bond donors (Lipinski definition) is 2.